The van der Waals surface area contributed by atoms with Crippen molar-refractivity contribution in [2.24, 2.45) is 11.7 Å². The lowest BCUT2D eigenvalue weighted by molar-refractivity contribution is 0.616. The second-order valence-corrected chi connectivity index (χ2v) is 5.87. The zero-order valence-electron chi connectivity index (χ0n) is 10.4. The van der Waals surface area contributed by atoms with E-state index >= 15 is 0 Å². The molecule has 3 rings (SSSR count). The second kappa shape index (κ2) is 5.16. The average Bonchev–Trinajstić information content (AvgIpc) is 3.22. The minimum Gasteiger partial charge on any atom is -0.324 e. The highest BCUT2D eigenvalue weighted by molar-refractivity contribution is 6.42. The van der Waals surface area contributed by atoms with Crippen molar-refractivity contribution in [3.63, 3.8) is 0 Å². The quantitative estimate of drug-likeness (QED) is 0.864. The Balaban J connectivity index is 1.80. The number of nitrogens with two attached hydrogens (primary N) is 1. The number of rotatable bonds is 3. The Morgan fingerprint density at radius 3 is 2.47 bits per heavy atom. The van der Waals surface area contributed by atoms with Gasteiger partial charge < -0.3 is 5.73 Å². The molecule has 0 amide bonds. The van der Waals surface area contributed by atoms with E-state index in [1.54, 1.807) is 6.07 Å². The van der Waals surface area contributed by atoms with Crippen molar-refractivity contribution in [2.75, 3.05) is 0 Å². The fourth-order valence-electron chi connectivity index (χ4n) is 2.70. The SMILES string of the molecule is NC(c1cccc(Cl)c1Cl)C1CC1c1ccccc1. The Morgan fingerprint density at radius 1 is 1.00 bits per heavy atom. The fourth-order valence-corrected chi connectivity index (χ4v) is 3.14. The summed E-state index contributed by atoms with van der Waals surface area (Å²) >= 11 is 12.3. The molecule has 1 aliphatic rings. The molecule has 0 bridgehead atoms. The zero-order chi connectivity index (χ0) is 13.4. The lowest BCUT2D eigenvalue weighted by Crippen LogP contribution is -2.14. The standard InChI is InChI=1S/C16H15Cl2N/c17-14-8-4-7-11(15(14)18)16(19)13-9-12(13)10-5-2-1-3-6-10/h1-8,12-13,16H,9,19H2. The first kappa shape index (κ1) is 13.0. The van der Waals surface area contributed by atoms with E-state index in [2.05, 4.69) is 24.3 Å². The lowest BCUT2D eigenvalue weighted by atomic mass is 9.99. The Hall–Kier alpha value is -1.02. The summed E-state index contributed by atoms with van der Waals surface area (Å²) in [5.41, 5.74) is 8.67. The lowest BCUT2D eigenvalue weighted by Gasteiger charge is -2.14. The Bertz CT molecular complexity index is 583. The van der Waals surface area contributed by atoms with Gasteiger partial charge in [-0.1, -0.05) is 65.7 Å². The topological polar surface area (TPSA) is 26.0 Å². The van der Waals surface area contributed by atoms with Gasteiger partial charge in [-0.15, -0.1) is 0 Å². The molecule has 98 valence electrons. The Labute approximate surface area is 123 Å². The van der Waals surface area contributed by atoms with Crippen LogP contribution in [-0.4, -0.2) is 0 Å². The molecular formula is C16H15Cl2N. The molecule has 3 unspecified atom stereocenters. The molecule has 1 fully saturated rings. The number of halogens is 2. The minimum atomic E-state index is -0.0450. The summed E-state index contributed by atoms with van der Waals surface area (Å²) in [6, 6.07) is 16.1. The molecule has 0 saturated heterocycles. The van der Waals surface area contributed by atoms with Gasteiger partial charge in [0, 0.05) is 6.04 Å². The maximum absolute atomic E-state index is 6.35. The predicted octanol–water partition coefficient (Wildman–Crippen LogP) is 4.80. The van der Waals surface area contributed by atoms with E-state index in [1.807, 2.05) is 18.2 Å². The molecule has 3 atom stereocenters. The predicted molar refractivity (Wildman–Crippen MR) is 80.7 cm³/mol. The van der Waals surface area contributed by atoms with Crippen LogP contribution in [0.25, 0.3) is 0 Å². The summed E-state index contributed by atoms with van der Waals surface area (Å²) in [5, 5.41) is 1.17. The van der Waals surface area contributed by atoms with Gasteiger partial charge in [-0.3, -0.25) is 0 Å². The Kier molecular flexibility index (Phi) is 3.53. The first-order valence-corrected chi connectivity index (χ1v) is 7.18. The van der Waals surface area contributed by atoms with E-state index in [0.717, 1.165) is 12.0 Å². The highest BCUT2D eigenvalue weighted by Gasteiger charge is 2.43. The second-order valence-electron chi connectivity index (χ2n) is 5.09. The summed E-state index contributed by atoms with van der Waals surface area (Å²) < 4.78 is 0. The molecule has 1 nitrogen and oxygen atoms in total. The van der Waals surface area contributed by atoms with Gasteiger partial charge in [0.2, 0.25) is 0 Å². The van der Waals surface area contributed by atoms with E-state index in [4.69, 9.17) is 28.9 Å². The van der Waals surface area contributed by atoms with Crippen LogP contribution in [0.1, 0.15) is 29.5 Å². The number of hydrogen-bond acceptors (Lipinski definition) is 1. The molecule has 1 aliphatic carbocycles. The molecule has 0 aromatic heterocycles. The molecule has 3 heteroatoms. The van der Waals surface area contributed by atoms with Crippen molar-refractivity contribution >= 4 is 23.2 Å². The van der Waals surface area contributed by atoms with Crippen LogP contribution in [0.3, 0.4) is 0 Å². The van der Waals surface area contributed by atoms with Crippen LogP contribution in [-0.2, 0) is 0 Å². The third-order valence-electron chi connectivity index (χ3n) is 3.87. The monoisotopic (exact) mass is 291 g/mol. The fraction of sp³-hybridized carbons (Fsp3) is 0.250. The van der Waals surface area contributed by atoms with E-state index < -0.39 is 0 Å². The van der Waals surface area contributed by atoms with Crippen LogP contribution >= 0.6 is 23.2 Å². The van der Waals surface area contributed by atoms with E-state index in [-0.39, 0.29) is 6.04 Å². The largest absolute Gasteiger partial charge is 0.324 e. The smallest absolute Gasteiger partial charge is 0.0640 e. The molecule has 1 saturated carbocycles. The van der Waals surface area contributed by atoms with Gasteiger partial charge >= 0.3 is 0 Å². The Morgan fingerprint density at radius 2 is 1.74 bits per heavy atom. The van der Waals surface area contributed by atoms with E-state index in [9.17, 15) is 0 Å². The van der Waals surface area contributed by atoms with Crippen LogP contribution in [0.4, 0.5) is 0 Å². The van der Waals surface area contributed by atoms with E-state index in [1.165, 1.54) is 5.56 Å². The summed E-state index contributed by atoms with van der Waals surface area (Å²) in [7, 11) is 0. The normalized spacial score (nSPS) is 23.1. The van der Waals surface area contributed by atoms with Crippen LogP contribution in [0, 0.1) is 5.92 Å². The molecule has 0 heterocycles. The van der Waals surface area contributed by atoms with Crippen molar-refractivity contribution in [2.45, 2.75) is 18.4 Å². The highest BCUT2D eigenvalue weighted by Crippen LogP contribution is 2.54. The molecule has 2 aromatic carbocycles. The molecule has 0 aliphatic heterocycles. The summed E-state index contributed by atoms with van der Waals surface area (Å²) in [5.74, 6) is 1.00. The summed E-state index contributed by atoms with van der Waals surface area (Å²) in [6.45, 7) is 0. The van der Waals surface area contributed by atoms with Crippen molar-refractivity contribution in [1.82, 2.24) is 0 Å². The third kappa shape index (κ3) is 2.51. The van der Waals surface area contributed by atoms with Crippen LogP contribution in [0.5, 0.6) is 0 Å². The molecule has 2 aromatic rings. The number of hydrogen-bond donors (Lipinski definition) is 1. The molecule has 19 heavy (non-hydrogen) atoms. The molecule has 0 spiro atoms. The van der Waals surface area contributed by atoms with Crippen LogP contribution in [0.2, 0.25) is 10.0 Å². The first-order valence-electron chi connectivity index (χ1n) is 6.43. The van der Waals surface area contributed by atoms with Gasteiger partial charge in [-0.2, -0.15) is 0 Å². The van der Waals surface area contributed by atoms with Crippen LogP contribution in [0.15, 0.2) is 48.5 Å². The van der Waals surface area contributed by atoms with E-state index in [0.29, 0.717) is 21.9 Å². The van der Waals surface area contributed by atoms with Crippen LogP contribution < -0.4 is 5.73 Å². The molecule has 0 radical (unpaired) electrons. The van der Waals surface area contributed by atoms with Gasteiger partial charge in [-0.05, 0) is 35.4 Å². The van der Waals surface area contributed by atoms with Gasteiger partial charge in [0.15, 0.2) is 0 Å². The van der Waals surface area contributed by atoms with Crippen molar-refractivity contribution in [1.29, 1.82) is 0 Å². The number of benzene rings is 2. The first-order chi connectivity index (χ1) is 9.18. The maximum atomic E-state index is 6.35. The van der Waals surface area contributed by atoms with Gasteiger partial charge in [0.25, 0.3) is 0 Å². The van der Waals surface area contributed by atoms with Crippen molar-refractivity contribution in [3.8, 4) is 0 Å². The maximum Gasteiger partial charge on any atom is 0.0640 e. The zero-order valence-corrected chi connectivity index (χ0v) is 11.9. The third-order valence-corrected chi connectivity index (χ3v) is 4.70. The minimum absolute atomic E-state index is 0.0450. The average molecular weight is 292 g/mol. The highest BCUT2D eigenvalue weighted by atomic mass is 35.5. The summed E-state index contributed by atoms with van der Waals surface area (Å²) in [6.07, 6.45) is 1.12. The van der Waals surface area contributed by atoms with Gasteiger partial charge in [0.05, 0.1) is 10.0 Å². The van der Waals surface area contributed by atoms with Crippen molar-refractivity contribution < 1.29 is 0 Å². The molecule has 2 N–H and O–H groups in total. The van der Waals surface area contributed by atoms with Gasteiger partial charge in [-0.25, -0.2) is 0 Å². The summed E-state index contributed by atoms with van der Waals surface area (Å²) in [4.78, 5) is 0. The molecular weight excluding hydrogens is 277 g/mol. The van der Waals surface area contributed by atoms with Gasteiger partial charge in [0.1, 0.15) is 0 Å². The van der Waals surface area contributed by atoms with Crippen molar-refractivity contribution in [3.05, 3.63) is 69.7 Å².